The largest absolute Gasteiger partial charge is 0.461 e. The molecule has 0 fully saturated rings. The SMILES string of the molecule is CC(C)c1ccc(-c2cccc(NS(C)(=O)=O)c2)o1. The van der Waals surface area contributed by atoms with Crippen LogP contribution in [0.25, 0.3) is 11.3 Å². The van der Waals surface area contributed by atoms with E-state index in [-0.39, 0.29) is 0 Å². The molecule has 0 aliphatic rings. The van der Waals surface area contributed by atoms with E-state index in [1.54, 1.807) is 18.2 Å². The summed E-state index contributed by atoms with van der Waals surface area (Å²) in [6.07, 6.45) is 1.13. The lowest BCUT2D eigenvalue weighted by molar-refractivity contribution is 0.498. The van der Waals surface area contributed by atoms with Crippen LogP contribution < -0.4 is 4.72 Å². The average molecular weight is 279 g/mol. The summed E-state index contributed by atoms with van der Waals surface area (Å²) in [6, 6.07) is 11.0. The highest BCUT2D eigenvalue weighted by Gasteiger charge is 2.09. The monoisotopic (exact) mass is 279 g/mol. The first-order chi connectivity index (χ1) is 8.85. The molecule has 2 rings (SSSR count). The highest BCUT2D eigenvalue weighted by Crippen LogP contribution is 2.27. The maximum atomic E-state index is 11.2. The standard InChI is InChI=1S/C14H17NO3S/c1-10(2)13-7-8-14(18-13)11-5-4-6-12(9-11)15-19(3,16)17/h4-10,15H,1-3H3. The normalized spacial score (nSPS) is 11.8. The Morgan fingerprint density at radius 2 is 1.89 bits per heavy atom. The second kappa shape index (κ2) is 5.09. The van der Waals surface area contributed by atoms with Gasteiger partial charge in [0, 0.05) is 17.2 Å². The number of nitrogens with one attached hydrogen (secondary N) is 1. The van der Waals surface area contributed by atoms with E-state index in [0.29, 0.717) is 11.6 Å². The van der Waals surface area contributed by atoms with Gasteiger partial charge in [0.2, 0.25) is 10.0 Å². The summed E-state index contributed by atoms with van der Waals surface area (Å²) in [6.45, 7) is 4.12. The predicted molar refractivity (Wildman–Crippen MR) is 76.7 cm³/mol. The highest BCUT2D eigenvalue weighted by molar-refractivity contribution is 7.92. The maximum Gasteiger partial charge on any atom is 0.229 e. The zero-order valence-electron chi connectivity index (χ0n) is 11.2. The topological polar surface area (TPSA) is 59.3 Å². The van der Waals surface area contributed by atoms with Gasteiger partial charge in [-0.05, 0) is 24.3 Å². The molecule has 0 saturated carbocycles. The van der Waals surface area contributed by atoms with E-state index in [0.717, 1.165) is 23.3 Å². The Morgan fingerprint density at radius 1 is 1.16 bits per heavy atom. The van der Waals surface area contributed by atoms with E-state index in [4.69, 9.17) is 4.42 Å². The van der Waals surface area contributed by atoms with Crippen molar-refractivity contribution in [3.8, 4) is 11.3 Å². The van der Waals surface area contributed by atoms with Gasteiger partial charge in [0.15, 0.2) is 0 Å². The Kier molecular flexibility index (Phi) is 3.66. The molecule has 2 aromatic rings. The Balaban J connectivity index is 2.32. The lowest BCUT2D eigenvalue weighted by Crippen LogP contribution is -2.09. The third-order valence-corrected chi connectivity index (χ3v) is 3.25. The van der Waals surface area contributed by atoms with Crippen LogP contribution in [0.2, 0.25) is 0 Å². The van der Waals surface area contributed by atoms with Crippen molar-refractivity contribution in [3.05, 3.63) is 42.2 Å². The van der Waals surface area contributed by atoms with Crippen LogP contribution in [0.15, 0.2) is 40.8 Å². The van der Waals surface area contributed by atoms with Crippen LogP contribution in [0.4, 0.5) is 5.69 Å². The molecule has 0 spiro atoms. The number of sulfonamides is 1. The molecular formula is C14H17NO3S. The maximum absolute atomic E-state index is 11.2. The molecule has 5 heteroatoms. The van der Waals surface area contributed by atoms with Gasteiger partial charge >= 0.3 is 0 Å². The summed E-state index contributed by atoms with van der Waals surface area (Å²) in [4.78, 5) is 0. The minimum Gasteiger partial charge on any atom is -0.461 e. The molecule has 0 atom stereocenters. The molecule has 0 aliphatic carbocycles. The first-order valence-corrected chi connectivity index (χ1v) is 7.92. The Hall–Kier alpha value is -1.75. The zero-order valence-corrected chi connectivity index (χ0v) is 12.0. The Bertz CT molecular complexity index is 672. The number of benzene rings is 1. The number of rotatable bonds is 4. The molecular weight excluding hydrogens is 262 g/mol. The first-order valence-electron chi connectivity index (χ1n) is 6.03. The van der Waals surface area contributed by atoms with Crippen LogP contribution in [-0.2, 0) is 10.0 Å². The molecule has 0 saturated heterocycles. The van der Waals surface area contributed by atoms with Gasteiger partial charge in [0.25, 0.3) is 0 Å². The first kappa shape index (κ1) is 13.7. The molecule has 0 unspecified atom stereocenters. The second-order valence-corrected chi connectivity index (χ2v) is 6.56. The van der Waals surface area contributed by atoms with Gasteiger partial charge in [-0.15, -0.1) is 0 Å². The molecule has 1 aromatic carbocycles. The van der Waals surface area contributed by atoms with Crippen LogP contribution in [-0.4, -0.2) is 14.7 Å². The lowest BCUT2D eigenvalue weighted by Gasteiger charge is -2.05. The number of hydrogen-bond acceptors (Lipinski definition) is 3. The number of anilines is 1. The van der Waals surface area contributed by atoms with Crippen LogP contribution >= 0.6 is 0 Å². The van der Waals surface area contributed by atoms with Crippen molar-refractivity contribution >= 4 is 15.7 Å². The fraction of sp³-hybridized carbons (Fsp3) is 0.286. The summed E-state index contributed by atoms with van der Waals surface area (Å²) in [5.41, 5.74) is 1.38. The van der Waals surface area contributed by atoms with Crippen LogP contribution in [0.5, 0.6) is 0 Å². The molecule has 1 aromatic heterocycles. The fourth-order valence-electron chi connectivity index (χ4n) is 1.77. The third-order valence-electron chi connectivity index (χ3n) is 2.65. The van der Waals surface area contributed by atoms with E-state index in [9.17, 15) is 8.42 Å². The molecule has 0 aliphatic heterocycles. The quantitative estimate of drug-likeness (QED) is 0.932. The van der Waals surface area contributed by atoms with Gasteiger partial charge in [-0.1, -0.05) is 26.0 Å². The van der Waals surface area contributed by atoms with E-state index >= 15 is 0 Å². The molecule has 1 N–H and O–H groups in total. The molecule has 1 heterocycles. The van der Waals surface area contributed by atoms with Crippen molar-refractivity contribution in [1.29, 1.82) is 0 Å². The minimum atomic E-state index is -3.26. The van der Waals surface area contributed by atoms with E-state index in [1.807, 2.05) is 18.2 Å². The third kappa shape index (κ3) is 3.61. The van der Waals surface area contributed by atoms with E-state index in [1.165, 1.54) is 0 Å². The van der Waals surface area contributed by atoms with Gasteiger partial charge in [-0.25, -0.2) is 8.42 Å². The molecule has 19 heavy (non-hydrogen) atoms. The molecule has 0 amide bonds. The lowest BCUT2D eigenvalue weighted by atomic mass is 10.1. The smallest absolute Gasteiger partial charge is 0.229 e. The van der Waals surface area contributed by atoms with Crippen molar-refractivity contribution < 1.29 is 12.8 Å². The summed E-state index contributed by atoms with van der Waals surface area (Å²) in [5, 5.41) is 0. The molecule has 102 valence electrons. The van der Waals surface area contributed by atoms with Crippen molar-refractivity contribution in [1.82, 2.24) is 0 Å². The number of hydrogen-bond donors (Lipinski definition) is 1. The summed E-state index contributed by atoms with van der Waals surface area (Å²) in [5.74, 6) is 1.98. The van der Waals surface area contributed by atoms with E-state index in [2.05, 4.69) is 18.6 Å². The van der Waals surface area contributed by atoms with Crippen molar-refractivity contribution in [2.45, 2.75) is 19.8 Å². The molecule has 4 nitrogen and oxygen atoms in total. The van der Waals surface area contributed by atoms with Gasteiger partial charge in [0.1, 0.15) is 11.5 Å². The van der Waals surface area contributed by atoms with Crippen molar-refractivity contribution in [3.63, 3.8) is 0 Å². The van der Waals surface area contributed by atoms with Crippen LogP contribution in [0, 0.1) is 0 Å². The Morgan fingerprint density at radius 3 is 2.47 bits per heavy atom. The van der Waals surface area contributed by atoms with Gasteiger partial charge in [-0.2, -0.15) is 0 Å². The van der Waals surface area contributed by atoms with Gasteiger partial charge in [0.05, 0.1) is 6.26 Å². The molecule has 0 bridgehead atoms. The zero-order chi connectivity index (χ0) is 14.0. The van der Waals surface area contributed by atoms with Gasteiger partial charge < -0.3 is 4.42 Å². The van der Waals surface area contributed by atoms with Crippen LogP contribution in [0.1, 0.15) is 25.5 Å². The van der Waals surface area contributed by atoms with Crippen molar-refractivity contribution in [2.75, 3.05) is 11.0 Å². The van der Waals surface area contributed by atoms with Crippen molar-refractivity contribution in [2.24, 2.45) is 0 Å². The number of furan rings is 1. The summed E-state index contributed by atoms with van der Waals surface area (Å²) < 4.78 is 30.6. The summed E-state index contributed by atoms with van der Waals surface area (Å²) >= 11 is 0. The van der Waals surface area contributed by atoms with E-state index < -0.39 is 10.0 Å². The van der Waals surface area contributed by atoms with Gasteiger partial charge in [-0.3, -0.25) is 4.72 Å². The summed E-state index contributed by atoms with van der Waals surface area (Å²) in [7, 11) is -3.26. The second-order valence-electron chi connectivity index (χ2n) is 4.81. The fourth-order valence-corrected chi connectivity index (χ4v) is 2.32. The van der Waals surface area contributed by atoms with Crippen LogP contribution in [0.3, 0.4) is 0 Å². The highest BCUT2D eigenvalue weighted by atomic mass is 32.2. The Labute approximate surface area is 113 Å². The predicted octanol–water partition coefficient (Wildman–Crippen LogP) is 3.44. The minimum absolute atomic E-state index is 0.325. The molecule has 0 radical (unpaired) electrons. The average Bonchev–Trinajstić information content (AvgIpc) is 2.76.